The van der Waals surface area contributed by atoms with Crippen LogP contribution < -0.4 is 0 Å². The number of cyclic esters (lactones) is 1. The molecule has 0 saturated carbocycles. The average molecular weight is 267 g/mol. The monoisotopic (exact) mass is 267 g/mol. The van der Waals surface area contributed by atoms with Crippen molar-refractivity contribution in [3.8, 4) is 11.8 Å². The van der Waals surface area contributed by atoms with Crippen LogP contribution in [0.25, 0.3) is 5.69 Å². The molecule has 1 aromatic carbocycles. The molecule has 5 heteroatoms. The van der Waals surface area contributed by atoms with Crippen molar-refractivity contribution in [1.82, 2.24) is 9.55 Å². The molecular weight excluding hydrogens is 254 g/mol. The minimum Gasteiger partial charge on any atom is -0.455 e. The Kier molecular flexibility index (Phi) is 2.61. The Morgan fingerprint density at radius 2 is 2.05 bits per heavy atom. The first-order chi connectivity index (χ1) is 9.50. The number of aromatic nitrogens is 2. The molecule has 0 aliphatic carbocycles. The van der Waals surface area contributed by atoms with Crippen molar-refractivity contribution >= 4 is 5.97 Å². The average Bonchev–Trinajstić information content (AvgIpc) is 2.81. The van der Waals surface area contributed by atoms with Gasteiger partial charge in [0.15, 0.2) is 5.69 Å². The molecule has 20 heavy (non-hydrogen) atoms. The zero-order valence-electron chi connectivity index (χ0n) is 11.3. The maximum atomic E-state index is 12.1. The molecule has 100 valence electrons. The van der Waals surface area contributed by atoms with Gasteiger partial charge in [-0.15, -0.1) is 0 Å². The Bertz CT molecular complexity index is 721. The number of hydrogen-bond donors (Lipinski definition) is 0. The minimum atomic E-state index is -0.520. The molecule has 0 N–H and O–H groups in total. The summed E-state index contributed by atoms with van der Waals surface area (Å²) in [6.45, 7) is 3.74. The predicted molar refractivity (Wildman–Crippen MR) is 71.5 cm³/mol. The van der Waals surface area contributed by atoms with Crippen molar-refractivity contribution in [2.45, 2.75) is 25.9 Å². The fourth-order valence-corrected chi connectivity index (χ4v) is 2.36. The van der Waals surface area contributed by atoms with Gasteiger partial charge in [-0.2, -0.15) is 5.26 Å². The van der Waals surface area contributed by atoms with E-state index in [9.17, 15) is 4.79 Å². The van der Waals surface area contributed by atoms with E-state index < -0.39 is 5.60 Å². The van der Waals surface area contributed by atoms with Crippen LogP contribution in [0.5, 0.6) is 0 Å². The molecule has 0 spiro atoms. The maximum Gasteiger partial charge on any atom is 0.357 e. The van der Waals surface area contributed by atoms with Crippen LogP contribution in [-0.4, -0.2) is 21.1 Å². The molecule has 0 amide bonds. The van der Waals surface area contributed by atoms with E-state index in [1.807, 2.05) is 13.8 Å². The topological polar surface area (TPSA) is 67.9 Å². The number of carbonyl (C=O) groups is 1. The highest BCUT2D eigenvalue weighted by Crippen LogP contribution is 2.28. The van der Waals surface area contributed by atoms with Crippen molar-refractivity contribution in [3.05, 3.63) is 47.5 Å². The zero-order valence-corrected chi connectivity index (χ0v) is 11.3. The van der Waals surface area contributed by atoms with Crippen LogP contribution in [0, 0.1) is 11.3 Å². The van der Waals surface area contributed by atoms with Gasteiger partial charge in [-0.1, -0.05) is 0 Å². The van der Waals surface area contributed by atoms with Crippen LogP contribution in [0.15, 0.2) is 30.6 Å². The second-order valence-corrected chi connectivity index (χ2v) is 5.39. The number of ether oxygens (including phenoxy) is 1. The lowest BCUT2D eigenvalue weighted by molar-refractivity contribution is -0.00795. The third kappa shape index (κ3) is 1.95. The van der Waals surface area contributed by atoms with E-state index in [1.54, 1.807) is 35.2 Å². The molecule has 0 saturated heterocycles. The standard InChI is InChI=1S/C15H13N3O2/c1-15(2)7-12-13(14(19)20-15)18(9-17-12)11-5-3-10(8-16)4-6-11/h3-6,9H,7H2,1-2H3. The highest BCUT2D eigenvalue weighted by atomic mass is 16.6. The quantitative estimate of drug-likeness (QED) is 0.743. The van der Waals surface area contributed by atoms with Gasteiger partial charge < -0.3 is 4.74 Å². The van der Waals surface area contributed by atoms with Crippen LogP contribution in [0.3, 0.4) is 0 Å². The molecule has 1 aromatic heterocycles. The molecule has 0 unspecified atom stereocenters. The minimum absolute atomic E-state index is 0.363. The second-order valence-electron chi connectivity index (χ2n) is 5.39. The van der Waals surface area contributed by atoms with Crippen LogP contribution in [0.1, 0.15) is 35.6 Å². The molecule has 3 rings (SSSR count). The lowest BCUT2D eigenvalue weighted by Gasteiger charge is -2.29. The predicted octanol–water partition coefficient (Wildman–Crippen LogP) is 2.24. The van der Waals surface area contributed by atoms with E-state index in [0.29, 0.717) is 17.7 Å². The van der Waals surface area contributed by atoms with Crippen molar-refractivity contribution in [1.29, 1.82) is 5.26 Å². The number of rotatable bonds is 1. The Hall–Kier alpha value is -2.61. The highest BCUT2D eigenvalue weighted by Gasteiger charge is 2.36. The first-order valence-electron chi connectivity index (χ1n) is 6.30. The van der Waals surface area contributed by atoms with Gasteiger partial charge in [-0.3, -0.25) is 4.57 Å². The maximum absolute atomic E-state index is 12.1. The molecule has 1 aliphatic heterocycles. The van der Waals surface area contributed by atoms with Gasteiger partial charge in [0.25, 0.3) is 0 Å². The summed E-state index contributed by atoms with van der Waals surface area (Å²) in [6, 6.07) is 9.05. The van der Waals surface area contributed by atoms with E-state index in [2.05, 4.69) is 11.1 Å². The van der Waals surface area contributed by atoms with Crippen LogP contribution >= 0.6 is 0 Å². The first-order valence-corrected chi connectivity index (χ1v) is 6.30. The lowest BCUT2D eigenvalue weighted by atomic mass is 9.98. The van der Waals surface area contributed by atoms with Crippen LogP contribution in [-0.2, 0) is 11.2 Å². The number of imidazole rings is 1. The summed E-state index contributed by atoms with van der Waals surface area (Å²) in [6.07, 6.45) is 2.21. The third-order valence-corrected chi connectivity index (χ3v) is 3.27. The van der Waals surface area contributed by atoms with Gasteiger partial charge in [0.05, 0.1) is 17.3 Å². The lowest BCUT2D eigenvalue weighted by Crippen LogP contribution is -2.36. The van der Waals surface area contributed by atoms with Crippen molar-refractivity contribution < 1.29 is 9.53 Å². The van der Waals surface area contributed by atoms with Crippen molar-refractivity contribution in [3.63, 3.8) is 0 Å². The SMILES string of the molecule is CC1(C)Cc2ncn(-c3ccc(C#N)cc3)c2C(=O)O1. The van der Waals surface area contributed by atoms with Crippen LogP contribution in [0.2, 0.25) is 0 Å². The fourth-order valence-electron chi connectivity index (χ4n) is 2.36. The van der Waals surface area contributed by atoms with Gasteiger partial charge in [0.2, 0.25) is 0 Å². The van der Waals surface area contributed by atoms with E-state index >= 15 is 0 Å². The number of esters is 1. The van der Waals surface area contributed by atoms with E-state index in [-0.39, 0.29) is 5.97 Å². The van der Waals surface area contributed by atoms with Crippen molar-refractivity contribution in [2.24, 2.45) is 0 Å². The Labute approximate surface area is 116 Å². The molecule has 2 aromatic rings. The van der Waals surface area contributed by atoms with Gasteiger partial charge in [0, 0.05) is 12.1 Å². The third-order valence-electron chi connectivity index (χ3n) is 3.27. The summed E-state index contributed by atoms with van der Waals surface area (Å²) in [5, 5.41) is 8.81. The molecule has 0 radical (unpaired) electrons. The van der Waals surface area contributed by atoms with Gasteiger partial charge in [-0.25, -0.2) is 9.78 Å². The Balaban J connectivity index is 2.07. The molecule has 5 nitrogen and oxygen atoms in total. The molecular formula is C15H13N3O2. The van der Waals surface area contributed by atoms with Gasteiger partial charge in [-0.05, 0) is 38.1 Å². The summed E-state index contributed by atoms with van der Waals surface area (Å²) in [4.78, 5) is 16.5. The number of carbonyl (C=O) groups excluding carboxylic acids is 1. The van der Waals surface area contributed by atoms with Crippen molar-refractivity contribution in [2.75, 3.05) is 0 Å². The molecule has 1 aliphatic rings. The normalized spacial score (nSPS) is 16.1. The largest absolute Gasteiger partial charge is 0.455 e. The summed E-state index contributed by atoms with van der Waals surface area (Å²) in [7, 11) is 0. The van der Waals surface area contributed by atoms with Gasteiger partial charge >= 0.3 is 5.97 Å². The van der Waals surface area contributed by atoms with E-state index in [1.165, 1.54) is 0 Å². The van der Waals surface area contributed by atoms with Crippen LogP contribution in [0.4, 0.5) is 0 Å². The number of nitriles is 1. The number of benzene rings is 1. The first kappa shape index (κ1) is 12.4. The molecule has 2 heterocycles. The number of nitrogens with zero attached hydrogens (tertiary/aromatic N) is 3. The molecule has 0 fully saturated rings. The summed E-state index contributed by atoms with van der Waals surface area (Å²) < 4.78 is 7.12. The number of fused-ring (bicyclic) bond motifs is 1. The van der Waals surface area contributed by atoms with Gasteiger partial charge in [0.1, 0.15) is 11.9 Å². The fraction of sp³-hybridized carbons (Fsp3) is 0.267. The smallest absolute Gasteiger partial charge is 0.357 e. The summed E-state index contributed by atoms with van der Waals surface area (Å²) in [5.41, 5.74) is 2.05. The second kappa shape index (κ2) is 4.20. The van der Waals surface area contributed by atoms with E-state index in [4.69, 9.17) is 10.00 Å². The zero-order chi connectivity index (χ0) is 14.3. The Morgan fingerprint density at radius 3 is 2.70 bits per heavy atom. The number of hydrogen-bond acceptors (Lipinski definition) is 4. The molecule has 0 atom stereocenters. The Morgan fingerprint density at radius 1 is 1.35 bits per heavy atom. The summed E-state index contributed by atoms with van der Waals surface area (Å²) in [5.74, 6) is -0.363. The summed E-state index contributed by atoms with van der Waals surface area (Å²) >= 11 is 0. The highest BCUT2D eigenvalue weighted by molar-refractivity contribution is 5.91. The van der Waals surface area contributed by atoms with E-state index in [0.717, 1.165) is 11.4 Å². The molecule has 0 bridgehead atoms.